The molecule has 0 aromatic heterocycles. The molecule has 0 radical (unpaired) electrons. The number of aliphatic hydroxyl groups excluding tert-OH is 1. The van der Waals surface area contributed by atoms with Crippen molar-refractivity contribution in [3.8, 4) is 0 Å². The van der Waals surface area contributed by atoms with Gasteiger partial charge in [0.2, 0.25) is 6.29 Å². The summed E-state index contributed by atoms with van der Waals surface area (Å²) in [5.74, 6) is 0. The highest BCUT2D eigenvalue weighted by Gasteiger charge is 2.39. The molecule has 0 aromatic carbocycles. The monoisotopic (exact) mass is 154 g/mol. The van der Waals surface area contributed by atoms with Crippen molar-refractivity contribution in [3.05, 3.63) is 0 Å². The Kier molecular flexibility index (Phi) is 1.47. The van der Waals surface area contributed by atoms with Crippen molar-refractivity contribution in [1.29, 1.82) is 0 Å². The number of rotatable bonds is 1. The van der Waals surface area contributed by atoms with E-state index < -0.39 is 22.8 Å². The second-order valence-electron chi connectivity index (χ2n) is 1.71. The molecule has 0 bridgehead atoms. The Labute approximate surface area is 52.5 Å². The molecule has 0 spiro atoms. The van der Waals surface area contributed by atoms with E-state index in [9.17, 15) is 8.42 Å². The summed E-state index contributed by atoms with van der Waals surface area (Å²) in [5, 5.41) is 8.59. The molecular weight excluding hydrogens is 148 g/mol. The summed E-state index contributed by atoms with van der Waals surface area (Å²) in [6.07, 6.45) is -1.91. The van der Waals surface area contributed by atoms with Crippen LogP contribution < -0.4 is 0 Å². The zero-order chi connectivity index (χ0) is 7.07. The molecule has 6 heteroatoms. The van der Waals surface area contributed by atoms with Gasteiger partial charge >= 0.3 is 10.4 Å². The molecule has 1 saturated heterocycles. The van der Waals surface area contributed by atoms with Crippen LogP contribution in [-0.2, 0) is 18.8 Å². The first-order chi connectivity index (χ1) is 4.01. The van der Waals surface area contributed by atoms with Gasteiger partial charge in [-0.2, -0.15) is 8.42 Å². The average Bonchev–Trinajstić information content (AvgIpc) is 1.59. The zero-order valence-electron chi connectivity index (χ0n) is 4.64. The standard InChI is InChI=1S/C3H6O5S/c1-2(4)3-7-9(5,6)8-3/h2-4H,1H3. The highest BCUT2D eigenvalue weighted by Crippen LogP contribution is 2.20. The smallest absolute Gasteiger partial charge is 0.388 e. The maximum absolute atomic E-state index is 10.0. The van der Waals surface area contributed by atoms with Crippen LogP contribution in [0.5, 0.6) is 0 Å². The Hall–Kier alpha value is -0.170. The minimum atomic E-state index is -3.74. The second kappa shape index (κ2) is 1.91. The van der Waals surface area contributed by atoms with Gasteiger partial charge < -0.3 is 5.11 Å². The van der Waals surface area contributed by atoms with Gasteiger partial charge in [0.25, 0.3) is 0 Å². The van der Waals surface area contributed by atoms with Gasteiger partial charge in [0, 0.05) is 0 Å². The average molecular weight is 154 g/mol. The van der Waals surface area contributed by atoms with E-state index in [2.05, 4.69) is 8.37 Å². The molecule has 5 nitrogen and oxygen atoms in total. The van der Waals surface area contributed by atoms with E-state index in [1.807, 2.05) is 0 Å². The summed E-state index contributed by atoms with van der Waals surface area (Å²) in [6, 6.07) is 0. The lowest BCUT2D eigenvalue weighted by atomic mass is 10.4. The first-order valence-corrected chi connectivity index (χ1v) is 3.64. The summed E-state index contributed by atoms with van der Waals surface area (Å²) in [5.41, 5.74) is 0. The lowest BCUT2D eigenvalue weighted by Crippen LogP contribution is -2.43. The van der Waals surface area contributed by atoms with Crippen molar-refractivity contribution >= 4 is 10.4 Å². The molecule has 54 valence electrons. The third kappa shape index (κ3) is 1.39. The van der Waals surface area contributed by atoms with Crippen LogP contribution in [0.4, 0.5) is 0 Å². The number of hydrogen-bond donors (Lipinski definition) is 1. The number of hydrogen-bond acceptors (Lipinski definition) is 5. The van der Waals surface area contributed by atoms with Crippen LogP contribution in [0.2, 0.25) is 0 Å². The van der Waals surface area contributed by atoms with E-state index in [0.29, 0.717) is 0 Å². The lowest BCUT2D eigenvalue weighted by Gasteiger charge is -2.26. The Balaban J connectivity index is 2.45. The third-order valence-corrected chi connectivity index (χ3v) is 1.67. The fourth-order valence-corrected chi connectivity index (χ4v) is 1.20. The van der Waals surface area contributed by atoms with Gasteiger partial charge in [0.1, 0.15) is 6.10 Å². The minimum absolute atomic E-state index is 0.909. The van der Waals surface area contributed by atoms with Crippen LogP contribution in [0.15, 0.2) is 0 Å². The highest BCUT2D eigenvalue weighted by atomic mass is 32.3. The van der Waals surface area contributed by atoms with Gasteiger partial charge in [0.15, 0.2) is 0 Å². The minimum Gasteiger partial charge on any atom is -0.388 e. The molecule has 1 fully saturated rings. The van der Waals surface area contributed by atoms with Crippen LogP contribution in [0.3, 0.4) is 0 Å². The largest absolute Gasteiger partial charge is 0.405 e. The van der Waals surface area contributed by atoms with E-state index in [-0.39, 0.29) is 0 Å². The van der Waals surface area contributed by atoms with Crippen molar-refractivity contribution < 1.29 is 21.9 Å². The molecule has 0 amide bonds. The molecule has 1 heterocycles. The Morgan fingerprint density at radius 1 is 1.56 bits per heavy atom. The van der Waals surface area contributed by atoms with Crippen LogP contribution in [-0.4, -0.2) is 25.9 Å². The number of aliphatic hydroxyl groups is 1. The van der Waals surface area contributed by atoms with Crippen LogP contribution in [0, 0.1) is 0 Å². The Morgan fingerprint density at radius 2 is 2.00 bits per heavy atom. The van der Waals surface area contributed by atoms with E-state index in [1.54, 1.807) is 0 Å². The molecule has 9 heavy (non-hydrogen) atoms. The maximum atomic E-state index is 10.0. The van der Waals surface area contributed by atoms with E-state index in [4.69, 9.17) is 5.11 Å². The lowest BCUT2D eigenvalue weighted by molar-refractivity contribution is -0.140. The van der Waals surface area contributed by atoms with E-state index in [0.717, 1.165) is 0 Å². The van der Waals surface area contributed by atoms with E-state index in [1.165, 1.54) is 6.92 Å². The molecule has 1 N–H and O–H groups in total. The fraction of sp³-hybridized carbons (Fsp3) is 1.00. The highest BCUT2D eigenvalue weighted by molar-refractivity contribution is 7.82. The predicted molar refractivity (Wildman–Crippen MR) is 26.6 cm³/mol. The van der Waals surface area contributed by atoms with Crippen molar-refractivity contribution in [2.75, 3.05) is 0 Å². The van der Waals surface area contributed by atoms with Crippen molar-refractivity contribution in [2.24, 2.45) is 0 Å². The molecule has 1 aliphatic rings. The molecule has 0 aliphatic carbocycles. The molecule has 1 atom stereocenters. The summed E-state index contributed by atoms with van der Waals surface area (Å²) >= 11 is 0. The normalized spacial score (nSPS) is 29.1. The molecule has 1 rings (SSSR count). The van der Waals surface area contributed by atoms with Gasteiger partial charge in [-0.25, -0.2) is 8.37 Å². The molecule has 0 saturated carbocycles. The van der Waals surface area contributed by atoms with Gasteiger partial charge in [-0.05, 0) is 6.92 Å². The molecule has 0 aromatic rings. The van der Waals surface area contributed by atoms with Gasteiger partial charge in [-0.3, -0.25) is 0 Å². The first kappa shape index (κ1) is 6.94. The Morgan fingerprint density at radius 3 is 2.11 bits per heavy atom. The van der Waals surface area contributed by atoms with Gasteiger partial charge in [-0.1, -0.05) is 0 Å². The summed E-state index contributed by atoms with van der Waals surface area (Å²) < 4.78 is 28.3. The molecule has 1 aliphatic heterocycles. The van der Waals surface area contributed by atoms with Crippen molar-refractivity contribution in [3.63, 3.8) is 0 Å². The zero-order valence-corrected chi connectivity index (χ0v) is 5.46. The summed E-state index contributed by atoms with van der Waals surface area (Å²) in [6.45, 7) is 1.37. The quantitative estimate of drug-likeness (QED) is 0.523. The van der Waals surface area contributed by atoms with Gasteiger partial charge in [-0.15, -0.1) is 0 Å². The topological polar surface area (TPSA) is 72.8 Å². The van der Waals surface area contributed by atoms with Crippen LogP contribution in [0.1, 0.15) is 6.92 Å². The van der Waals surface area contributed by atoms with Gasteiger partial charge in [0.05, 0.1) is 0 Å². The predicted octanol–water partition coefficient (Wildman–Crippen LogP) is -1.02. The Bertz CT molecular complexity index is 180. The summed E-state index contributed by atoms with van der Waals surface area (Å²) in [4.78, 5) is 0. The molecule has 1 unspecified atom stereocenters. The summed E-state index contributed by atoms with van der Waals surface area (Å²) in [7, 11) is -3.74. The maximum Gasteiger partial charge on any atom is 0.405 e. The third-order valence-electron chi connectivity index (χ3n) is 0.819. The van der Waals surface area contributed by atoms with Crippen molar-refractivity contribution in [2.45, 2.75) is 19.3 Å². The van der Waals surface area contributed by atoms with Crippen LogP contribution >= 0.6 is 0 Å². The SMILES string of the molecule is CC(O)C1OS(=O)(=O)O1. The van der Waals surface area contributed by atoms with E-state index >= 15 is 0 Å². The molecular formula is C3H6O5S. The fourth-order valence-electron chi connectivity index (χ4n) is 0.400. The first-order valence-electron chi connectivity index (χ1n) is 2.31. The van der Waals surface area contributed by atoms with Crippen molar-refractivity contribution in [1.82, 2.24) is 0 Å². The second-order valence-corrected chi connectivity index (χ2v) is 2.91. The van der Waals surface area contributed by atoms with Crippen LogP contribution in [0.25, 0.3) is 0 Å².